The molecular weight excluding hydrogens is 428 g/mol. The average molecular weight is 444 g/mol. The molecule has 0 spiro atoms. The van der Waals surface area contributed by atoms with E-state index >= 15 is 0 Å². The van der Waals surface area contributed by atoms with Gasteiger partial charge in [-0.2, -0.15) is 18.7 Å². The number of alkyl halides is 2. The Balaban J connectivity index is 1.54. The molecule has 1 aliphatic rings. The van der Waals surface area contributed by atoms with E-state index in [1.165, 1.54) is 24.3 Å². The van der Waals surface area contributed by atoms with E-state index < -0.39 is 24.0 Å². The lowest BCUT2D eigenvalue weighted by molar-refractivity contribution is -0.0521. The maximum atomic E-state index is 14.0. The number of nitrogen functional groups attached to an aromatic ring is 1. The van der Waals surface area contributed by atoms with Crippen molar-refractivity contribution in [3.8, 4) is 11.6 Å². The first-order chi connectivity index (χ1) is 15.4. The summed E-state index contributed by atoms with van der Waals surface area (Å²) in [4.78, 5) is 13.2. The molecule has 1 saturated carbocycles. The number of nitrogens with two attached hydrogens (primary N) is 1. The van der Waals surface area contributed by atoms with Crippen molar-refractivity contribution in [2.24, 2.45) is 0 Å². The Bertz CT molecular complexity index is 1320. The molecule has 2 heterocycles. The molecule has 1 aliphatic carbocycles. The van der Waals surface area contributed by atoms with Gasteiger partial charge in [0.2, 0.25) is 5.95 Å². The zero-order chi connectivity index (χ0) is 22.4. The van der Waals surface area contributed by atoms with Crippen molar-refractivity contribution in [2.45, 2.75) is 25.4 Å². The van der Waals surface area contributed by atoms with Gasteiger partial charge in [-0.25, -0.2) is 13.8 Å². The number of halogens is 4. The summed E-state index contributed by atoms with van der Waals surface area (Å²) in [6, 6.07) is 9.22. The fourth-order valence-electron chi connectivity index (χ4n) is 3.45. The van der Waals surface area contributed by atoms with Gasteiger partial charge in [-0.15, -0.1) is 0 Å². The Labute approximate surface area is 178 Å². The Morgan fingerprint density at radius 2 is 1.84 bits per heavy atom. The summed E-state index contributed by atoms with van der Waals surface area (Å²) >= 11 is 0. The fourth-order valence-corrected chi connectivity index (χ4v) is 3.45. The van der Waals surface area contributed by atoms with Crippen molar-refractivity contribution >= 4 is 28.5 Å². The van der Waals surface area contributed by atoms with Crippen molar-refractivity contribution in [2.75, 3.05) is 11.1 Å². The highest BCUT2D eigenvalue weighted by atomic mass is 19.3. The number of rotatable bonds is 6. The first-order valence-corrected chi connectivity index (χ1v) is 9.71. The third kappa shape index (κ3) is 3.88. The largest absolute Gasteiger partial charge is 0.432 e. The quantitative estimate of drug-likeness (QED) is 0.411. The van der Waals surface area contributed by atoms with Crippen molar-refractivity contribution in [3.63, 3.8) is 0 Å². The SMILES string of the molecule is Nc1cc(-n2c(C3CC3)nc3ccc(F)cc32)nc(Nc2ccc(OC(F)F)c(F)c2)n1. The highest BCUT2D eigenvalue weighted by Crippen LogP contribution is 2.42. The number of nitrogens with zero attached hydrogens (tertiary/aromatic N) is 4. The number of ether oxygens (including phenoxy) is 1. The normalized spacial score (nSPS) is 13.7. The molecular formula is C21H16F4N6O. The van der Waals surface area contributed by atoms with Crippen LogP contribution < -0.4 is 15.8 Å². The number of anilines is 3. The van der Waals surface area contributed by atoms with Gasteiger partial charge < -0.3 is 15.8 Å². The summed E-state index contributed by atoms with van der Waals surface area (Å²) in [6.45, 7) is -3.14. The van der Waals surface area contributed by atoms with Gasteiger partial charge >= 0.3 is 6.61 Å². The van der Waals surface area contributed by atoms with Gasteiger partial charge in [0.1, 0.15) is 23.3 Å². The van der Waals surface area contributed by atoms with Crippen molar-refractivity contribution < 1.29 is 22.3 Å². The molecule has 32 heavy (non-hydrogen) atoms. The standard InChI is InChI=1S/C21H16F4N6O/c22-11-3-5-14-15(7-11)31(19(28-14)10-1-2-10)18-9-17(26)29-21(30-18)27-12-4-6-16(13(23)8-12)32-20(24)25/h3-10,20H,1-2H2,(H3,26,27,29,30). The summed E-state index contributed by atoms with van der Waals surface area (Å²) < 4.78 is 58.5. The number of benzene rings is 2. The molecule has 164 valence electrons. The lowest BCUT2D eigenvalue weighted by Crippen LogP contribution is -2.08. The first-order valence-electron chi connectivity index (χ1n) is 9.71. The van der Waals surface area contributed by atoms with Crippen LogP contribution in [0.1, 0.15) is 24.6 Å². The molecule has 0 atom stereocenters. The highest BCUT2D eigenvalue weighted by Gasteiger charge is 2.31. The van der Waals surface area contributed by atoms with E-state index in [1.807, 2.05) is 0 Å². The predicted octanol–water partition coefficient (Wildman–Crippen LogP) is 4.90. The van der Waals surface area contributed by atoms with Crippen LogP contribution in [-0.2, 0) is 0 Å². The van der Waals surface area contributed by atoms with E-state index in [1.54, 1.807) is 10.6 Å². The first kappa shape index (κ1) is 20.0. The average Bonchev–Trinajstić information content (AvgIpc) is 3.50. The van der Waals surface area contributed by atoms with Gasteiger partial charge in [0.25, 0.3) is 0 Å². The Morgan fingerprint density at radius 1 is 1.03 bits per heavy atom. The third-order valence-electron chi connectivity index (χ3n) is 4.95. The smallest absolute Gasteiger partial charge is 0.387 e. The molecule has 0 saturated heterocycles. The van der Waals surface area contributed by atoms with Gasteiger partial charge in [-0.05, 0) is 37.1 Å². The second kappa shape index (κ2) is 7.66. The topological polar surface area (TPSA) is 90.9 Å². The summed E-state index contributed by atoms with van der Waals surface area (Å²) in [7, 11) is 0. The van der Waals surface area contributed by atoms with E-state index in [0.29, 0.717) is 16.9 Å². The molecule has 2 aromatic heterocycles. The van der Waals surface area contributed by atoms with Gasteiger partial charge in [0.15, 0.2) is 11.6 Å². The molecule has 5 rings (SSSR count). The summed E-state index contributed by atoms with van der Waals surface area (Å²) in [5.74, 6) is -0.468. The Kier molecular flexibility index (Phi) is 4.80. The summed E-state index contributed by atoms with van der Waals surface area (Å²) in [5, 5.41) is 2.80. The van der Waals surface area contributed by atoms with Crippen LogP contribution in [0.4, 0.5) is 35.0 Å². The van der Waals surface area contributed by atoms with E-state index in [0.717, 1.165) is 30.8 Å². The molecule has 1 fully saturated rings. The molecule has 0 aliphatic heterocycles. The number of nitrogens with one attached hydrogen (secondary N) is 1. The maximum Gasteiger partial charge on any atom is 0.387 e. The molecule has 0 bridgehead atoms. The second-order valence-corrected chi connectivity index (χ2v) is 7.34. The van der Waals surface area contributed by atoms with Gasteiger partial charge in [0, 0.05) is 29.8 Å². The number of hydrogen-bond acceptors (Lipinski definition) is 6. The molecule has 0 radical (unpaired) electrons. The van der Waals surface area contributed by atoms with Crippen LogP contribution >= 0.6 is 0 Å². The molecule has 2 aromatic carbocycles. The van der Waals surface area contributed by atoms with Gasteiger partial charge in [-0.3, -0.25) is 4.57 Å². The van der Waals surface area contributed by atoms with Crippen LogP contribution in [0.15, 0.2) is 42.5 Å². The minimum Gasteiger partial charge on any atom is -0.432 e. The number of imidazole rings is 1. The minimum atomic E-state index is -3.14. The van der Waals surface area contributed by atoms with Crippen molar-refractivity contribution in [3.05, 3.63) is 59.9 Å². The van der Waals surface area contributed by atoms with Crippen molar-refractivity contribution in [1.29, 1.82) is 0 Å². The van der Waals surface area contributed by atoms with Crippen molar-refractivity contribution in [1.82, 2.24) is 19.5 Å². The summed E-state index contributed by atoms with van der Waals surface area (Å²) in [6.07, 6.45) is 1.92. The molecule has 0 amide bonds. The highest BCUT2D eigenvalue weighted by molar-refractivity contribution is 5.78. The van der Waals surface area contributed by atoms with Gasteiger partial charge in [0.05, 0.1) is 11.0 Å². The van der Waals surface area contributed by atoms with Gasteiger partial charge in [-0.1, -0.05) is 0 Å². The molecule has 3 N–H and O–H groups in total. The van der Waals surface area contributed by atoms with E-state index in [-0.39, 0.29) is 23.4 Å². The monoisotopic (exact) mass is 444 g/mol. The fraction of sp³-hybridized carbons (Fsp3) is 0.190. The molecule has 4 aromatic rings. The van der Waals surface area contributed by atoms with Crippen LogP contribution in [0, 0.1) is 11.6 Å². The van der Waals surface area contributed by atoms with E-state index in [4.69, 9.17) is 5.73 Å². The zero-order valence-electron chi connectivity index (χ0n) is 16.4. The lowest BCUT2D eigenvalue weighted by atomic mass is 10.3. The zero-order valence-corrected chi connectivity index (χ0v) is 16.4. The Morgan fingerprint density at radius 3 is 2.56 bits per heavy atom. The minimum absolute atomic E-state index is 0.0435. The lowest BCUT2D eigenvalue weighted by Gasteiger charge is -2.12. The van der Waals surface area contributed by atoms with Crippen LogP contribution in [0.5, 0.6) is 5.75 Å². The Hall–Kier alpha value is -3.89. The number of hydrogen-bond donors (Lipinski definition) is 2. The maximum absolute atomic E-state index is 14.0. The van der Waals surface area contributed by atoms with Crippen LogP contribution in [0.3, 0.4) is 0 Å². The summed E-state index contributed by atoms with van der Waals surface area (Å²) in [5.41, 5.74) is 7.33. The molecule has 7 nitrogen and oxygen atoms in total. The number of fused-ring (bicyclic) bond motifs is 1. The second-order valence-electron chi connectivity index (χ2n) is 7.34. The van der Waals surface area contributed by atoms with E-state index in [2.05, 4.69) is 25.0 Å². The van der Waals surface area contributed by atoms with Crippen LogP contribution in [0.25, 0.3) is 16.9 Å². The van der Waals surface area contributed by atoms with Crippen LogP contribution in [-0.4, -0.2) is 26.1 Å². The number of aromatic nitrogens is 4. The molecule has 11 heteroatoms. The predicted molar refractivity (Wildman–Crippen MR) is 109 cm³/mol. The molecule has 0 unspecified atom stereocenters. The van der Waals surface area contributed by atoms with E-state index in [9.17, 15) is 17.6 Å². The third-order valence-corrected chi connectivity index (χ3v) is 4.95. The van der Waals surface area contributed by atoms with Crippen LogP contribution in [0.2, 0.25) is 0 Å².